The maximum Gasteiger partial charge on any atom is 0.317 e. The highest BCUT2D eigenvalue weighted by molar-refractivity contribution is 5.85. The van der Waals surface area contributed by atoms with Gasteiger partial charge in [-0.05, 0) is 32.4 Å². The van der Waals surface area contributed by atoms with Gasteiger partial charge in [0.1, 0.15) is 0 Å². The van der Waals surface area contributed by atoms with Crippen LogP contribution in [0.5, 0.6) is 0 Å². The van der Waals surface area contributed by atoms with Crippen LogP contribution in [0.1, 0.15) is 29.1 Å². The van der Waals surface area contributed by atoms with Crippen molar-refractivity contribution in [3.63, 3.8) is 0 Å². The van der Waals surface area contributed by atoms with E-state index in [0.717, 1.165) is 42.8 Å². The molecular formula is C20H25N5O. The smallest absolute Gasteiger partial charge is 0.317 e. The third kappa shape index (κ3) is 3.19. The fourth-order valence-corrected chi connectivity index (χ4v) is 3.78. The highest BCUT2D eigenvalue weighted by Gasteiger charge is 2.23. The number of carbonyl (C=O) groups is 1. The molecule has 1 aromatic carbocycles. The highest BCUT2D eigenvalue weighted by Crippen LogP contribution is 2.27. The minimum atomic E-state index is 0.0225. The van der Waals surface area contributed by atoms with Gasteiger partial charge in [-0.25, -0.2) is 4.79 Å². The third-order valence-electron chi connectivity index (χ3n) is 5.10. The molecule has 0 unspecified atom stereocenters. The number of rotatable bonds is 4. The van der Waals surface area contributed by atoms with Crippen LogP contribution in [0.25, 0.3) is 10.9 Å². The Bertz CT molecular complexity index is 939. The summed E-state index contributed by atoms with van der Waals surface area (Å²) in [5.41, 5.74) is 5.88. The molecule has 6 nitrogen and oxygen atoms in total. The summed E-state index contributed by atoms with van der Waals surface area (Å²) in [6.45, 7) is 6.97. The summed E-state index contributed by atoms with van der Waals surface area (Å²) >= 11 is 0. The average Bonchev–Trinajstić information content (AvgIpc) is 3.17. The zero-order valence-electron chi connectivity index (χ0n) is 15.4. The van der Waals surface area contributed by atoms with Crippen molar-refractivity contribution in [3.8, 4) is 0 Å². The average molecular weight is 351 g/mol. The number of urea groups is 1. The van der Waals surface area contributed by atoms with Gasteiger partial charge in [0.15, 0.2) is 0 Å². The van der Waals surface area contributed by atoms with Gasteiger partial charge in [-0.2, -0.15) is 5.10 Å². The molecule has 26 heavy (non-hydrogen) atoms. The van der Waals surface area contributed by atoms with E-state index in [9.17, 15) is 4.79 Å². The van der Waals surface area contributed by atoms with Crippen molar-refractivity contribution in [1.82, 2.24) is 25.0 Å². The summed E-state index contributed by atoms with van der Waals surface area (Å²) in [6, 6.07) is 10.4. The van der Waals surface area contributed by atoms with Crippen molar-refractivity contribution >= 4 is 16.9 Å². The van der Waals surface area contributed by atoms with Crippen LogP contribution in [0.2, 0.25) is 0 Å². The van der Waals surface area contributed by atoms with Gasteiger partial charge in [-0.3, -0.25) is 4.68 Å². The molecular weight excluding hydrogens is 326 g/mol. The van der Waals surface area contributed by atoms with Gasteiger partial charge in [0.2, 0.25) is 0 Å². The SMILES string of the molecule is Cc1cc(C)n(CCCNC(=O)N2CCc3[nH]c4ccccc4c3C2)n1. The Labute approximate surface area is 153 Å². The molecule has 0 saturated heterocycles. The van der Waals surface area contributed by atoms with Crippen LogP contribution in [-0.4, -0.2) is 38.8 Å². The Hall–Kier alpha value is -2.76. The maximum absolute atomic E-state index is 12.5. The minimum absolute atomic E-state index is 0.0225. The van der Waals surface area contributed by atoms with Crippen LogP contribution in [-0.2, 0) is 19.5 Å². The van der Waals surface area contributed by atoms with Crippen molar-refractivity contribution < 1.29 is 4.79 Å². The number of fused-ring (bicyclic) bond motifs is 3. The quantitative estimate of drug-likeness (QED) is 0.709. The molecule has 0 radical (unpaired) electrons. The van der Waals surface area contributed by atoms with Crippen LogP contribution in [0, 0.1) is 13.8 Å². The lowest BCUT2D eigenvalue weighted by atomic mass is 10.0. The number of aromatic amines is 1. The van der Waals surface area contributed by atoms with Gasteiger partial charge in [-0.15, -0.1) is 0 Å². The van der Waals surface area contributed by atoms with Crippen LogP contribution >= 0.6 is 0 Å². The molecule has 3 heterocycles. The normalized spacial score (nSPS) is 13.8. The summed E-state index contributed by atoms with van der Waals surface area (Å²) < 4.78 is 2.00. The standard InChI is InChI=1S/C20H25N5O/c1-14-12-15(2)25(23-14)10-5-9-21-20(26)24-11-8-19-17(13-24)16-6-3-4-7-18(16)22-19/h3-4,6-7,12,22H,5,8-11,13H2,1-2H3,(H,21,26). The second-order valence-electron chi connectivity index (χ2n) is 7.03. The van der Waals surface area contributed by atoms with Crippen molar-refractivity contribution in [3.05, 3.63) is 53.0 Å². The van der Waals surface area contributed by atoms with E-state index >= 15 is 0 Å². The molecule has 136 valence electrons. The minimum Gasteiger partial charge on any atom is -0.358 e. The molecule has 2 aromatic heterocycles. The van der Waals surface area contributed by atoms with E-state index in [2.05, 4.69) is 46.6 Å². The second kappa shape index (κ2) is 6.86. The maximum atomic E-state index is 12.5. The number of para-hydroxylation sites is 1. The molecule has 3 aromatic rings. The Morgan fingerprint density at radius 3 is 2.96 bits per heavy atom. The molecule has 1 aliphatic heterocycles. The van der Waals surface area contributed by atoms with Crippen molar-refractivity contribution in [2.24, 2.45) is 0 Å². The van der Waals surface area contributed by atoms with E-state index in [1.165, 1.54) is 16.6 Å². The van der Waals surface area contributed by atoms with Crippen molar-refractivity contribution in [2.75, 3.05) is 13.1 Å². The van der Waals surface area contributed by atoms with Crippen molar-refractivity contribution in [2.45, 2.75) is 39.8 Å². The number of benzene rings is 1. The number of aryl methyl sites for hydroxylation is 3. The third-order valence-corrected chi connectivity index (χ3v) is 5.10. The molecule has 0 spiro atoms. The van der Waals surface area contributed by atoms with Crippen LogP contribution in [0.4, 0.5) is 4.79 Å². The lowest BCUT2D eigenvalue weighted by molar-refractivity contribution is 0.192. The van der Waals surface area contributed by atoms with E-state index in [4.69, 9.17) is 0 Å². The summed E-state index contributed by atoms with van der Waals surface area (Å²) in [7, 11) is 0. The molecule has 0 fully saturated rings. The first-order chi connectivity index (χ1) is 12.6. The Morgan fingerprint density at radius 2 is 2.15 bits per heavy atom. The molecule has 1 aliphatic rings. The highest BCUT2D eigenvalue weighted by atomic mass is 16.2. The van der Waals surface area contributed by atoms with Crippen LogP contribution in [0.15, 0.2) is 30.3 Å². The van der Waals surface area contributed by atoms with E-state index in [0.29, 0.717) is 13.1 Å². The van der Waals surface area contributed by atoms with Gasteiger partial charge >= 0.3 is 6.03 Å². The number of hydrogen-bond acceptors (Lipinski definition) is 2. The van der Waals surface area contributed by atoms with Crippen LogP contribution in [0.3, 0.4) is 0 Å². The summed E-state index contributed by atoms with van der Waals surface area (Å²) in [6.07, 6.45) is 1.75. The van der Waals surface area contributed by atoms with Crippen LogP contribution < -0.4 is 5.32 Å². The second-order valence-corrected chi connectivity index (χ2v) is 7.03. The largest absolute Gasteiger partial charge is 0.358 e. The fraction of sp³-hybridized carbons (Fsp3) is 0.400. The molecule has 2 amide bonds. The number of nitrogens with zero attached hydrogens (tertiary/aromatic N) is 3. The molecule has 0 saturated carbocycles. The topological polar surface area (TPSA) is 66.0 Å². The molecule has 6 heteroatoms. The predicted molar refractivity (Wildman–Crippen MR) is 102 cm³/mol. The van der Waals surface area contributed by atoms with E-state index in [1.807, 2.05) is 22.6 Å². The van der Waals surface area contributed by atoms with E-state index < -0.39 is 0 Å². The summed E-state index contributed by atoms with van der Waals surface area (Å²) in [5, 5.41) is 8.74. The van der Waals surface area contributed by atoms with Crippen molar-refractivity contribution in [1.29, 1.82) is 0 Å². The van der Waals surface area contributed by atoms with Gasteiger partial charge in [-0.1, -0.05) is 18.2 Å². The fourth-order valence-electron chi connectivity index (χ4n) is 3.78. The van der Waals surface area contributed by atoms with Gasteiger partial charge in [0, 0.05) is 60.5 Å². The Balaban J connectivity index is 1.32. The molecule has 4 rings (SSSR count). The zero-order valence-corrected chi connectivity index (χ0v) is 15.4. The summed E-state index contributed by atoms with van der Waals surface area (Å²) in [5.74, 6) is 0. The first-order valence-electron chi connectivity index (χ1n) is 9.24. The summed E-state index contributed by atoms with van der Waals surface area (Å²) in [4.78, 5) is 17.9. The first kappa shape index (κ1) is 16.7. The molecule has 0 bridgehead atoms. The number of aromatic nitrogens is 3. The van der Waals surface area contributed by atoms with Gasteiger partial charge in [0.05, 0.1) is 5.69 Å². The number of nitrogens with one attached hydrogen (secondary N) is 2. The van der Waals surface area contributed by atoms with E-state index in [-0.39, 0.29) is 6.03 Å². The zero-order chi connectivity index (χ0) is 18.1. The van der Waals surface area contributed by atoms with Gasteiger partial charge in [0.25, 0.3) is 0 Å². The predicted octanol–water partition coefficient (Wildman–Crippen LogP) is 3.14. The number of H-pyrrole nitrogens is 1. The Morgan fingerprint density at radius 1 is 1.31 bits per heavy atom. The van der Waals surface area contributed by atoms with E-state index in [1.54, 1.807) is 0 Å². The number of amides is 2. The van der Waals surface area contributed by atoms with Gasteiger partial charge < -0.3 is 15.2 Å². The Kier molecular flexibility index (Phi) is 4.41. The molecule has 0 atom stereocenters. The number of carbonyl (C=O) groups excluding carboxylic acids is 1. The molecule has 2 N–H and O–H groups in total. The number of hydrogen-bond donors (Lipinski definition) is 2. The monoisotopic (exact) mass is 351 g/mol. The lowest BCUT2D eigenvalue weighted by Crippen LogP contribution is -2.43. The first-order valence-corrected chi connectivity index (χ1v) is 9.24. The lowest BCUT2D eigenvalue weighted by Gasteiger charge is -2.27. The molecule has 0 aliphatic carbocycles.